The zero-order valence-electron chi connectivity index (χ0n) is 8.44. The fraction of sp³-hybridized carbons (Fsp3) is 0.700. The molecule has 0 amide bonds. The summed E-state index contributed by atoms with van der Waals surface area (Å²) < 4.78 is 0. The van der Waals surface area contributed by atoms with Crippen LogP contribution in [0.2, 0.25) is 0 Å². The van der Waals surface area contributed by atoms with Crippen LogP contribution in [0.1, 0.15) is 17.8 Å². The van der Waals surface area contributed by atoms with E-state index in [0.29, 0.717) is 0 Å². The predicted octanol–water partition coefficient (Wildman–Crippen LogP) is 1.14. The summed E-state index contributed by atoms with van der Waals surface area (Å²) in [5.74, 6) is 0. The van der Waals surface area contributed by atoms with Crippen LogP contribution in [-0.4, -0.2) is 40.7 Å². The van der Waals surface area contributed by atoms with E-state index in [1.165, 1.54) is 0 Å². The fourth-order valence-electron chi connectivity index (χ4n) is 1.83. The van der Waals surface area contributed by atoms with Crippen molar-refractivity contribution < 1.29 is 5.11 Å². The highest BCUT2D eigenvalue weighted by atomic mass is 32.1. The first-order chi connectivity index (χ1) is 6.68. The van der Waals surface area contributed by atoms with Crippen molar-refractivity contribution in [2.45, 2.75) is 24.9 Å². The van der Waals surface area contributed by atoms with Gasteiger partial charge in [0.25, 0.3) is 0 Å². The largest absolute Gasteiger partial charge is 0.389 e. The van der Waals surface area contributed by atoms with Gasteiger partial charge in [0.2, 0.25) is 0 Å². The minimum absolute atomic E-state index is 0.510. The molecule has 1 aromatic rings. The number of hydrogen-bond acceptors (Lipinski definition) is 4. The van der Waals surface area contributed by atoms with Gasteiger partial charge in [0.1, 0.15) is 0 Å². The molecule has 0 bridgehead atoms. The van der Waals surface area contributed by atoms with Gasteiger partial charge < -0.3 is 10.0 Å². The van der Waals surface area contributed by atoms with Crippen LogP contribution in [0.5, 0.6) is 0 Å². The Hall–Kier alpha value is -0.450. The Kier molecular flexibility index (Phi) is 2.85. The molecule has 1 saturated heterocycles. The number of piperidine rings is 1. The van der Waals surface area contributed by atoms with Gasteiger partial charge >= 0.3 is 0 Å². The third kappa shape index (κ3) is 2.32. The van der Waals surface area contributed by atoms with Crippen LogP contribution >= 0.6 is 11.3 Å². The minimum atomic E-state index is -0.510. The van der Waals surface area contributed by atoms with Crippen LogP contribution in [0.25, 0.3) is 0 Å². The van der Waals surface area contributed by atoms with Gasteiger partial charge in [0.15, 0.2) is 0 Å². The maximum Gasteiger partial charge on any atom is 0.0953 e. The summed E-state index contributed by atoms with van der Waals surface area (Å²) in [5, 5.41) is 13.3. The molecule has 1 aliphatic rings. The molecule has 1 N–H and O–H groups in total. The third-order valence-electron chi connectivity index (χ3n) is 2.88. The Morgan fingerprint density at radius 1 is 1.57 bits per heavy atom. The van der Waals surface area contributed by atoms with Gasteiger partial charge in [0, 0.05) is 31.1 Å². The van der Waals surface area contributed by atoms with Crippen LogP contribution in [0.3, 0.4) is 0 Å². The molecule has 0 aromatic carbocycles. The van der Waals surface area contributed by atoms with Crippen molar-refractivity contribution in [1.29, 1.82) is 0 Å². The van der Waals surface area contributed by atoms with Crippen LogP contribution in [0, 0.1) is 0 Å². The second kappa shape index (κ2) is 3.96. The Morgan fingerprint density at radius 2 is 2.29 bits per heavy atom. The van der Waals surface area contributed by atoms with Gasteiger partial charge in [-0.2, -0.15) is 0 Å². The number of likely N-dealkylation sites (tertiary alicyclic amines) is 1. The number of hydrogen-bond donors (Lipinski definition) is 1. The van der Waals surface area contributed by atoms with Gasteiger partial charge in [-0.15, -0.1) is 11.3 Å². The van der Waals surface area contributed by atoms with E-state index in [1.54, 1.807) is 17.5 Å². The first-order valence-electron chi connectivity index (χ1n) is 4.97. The zero-order chi connectivity index (χ0) is 10.0. The van der Waals surface area contributed by atoms with Gasteiger partial charge in [-0.05, 0) is 19.9 Å². The molecule has 0 radical (unpaired) electrons. The van der Waals surface area contributed by atoms with Crippen LogP contribution in [0.15, 0.2) is 11.6 Å². The Morgan fingerprint density at radius 3 is 2.86 bits per heavy atom. The van der Waals surface area contributed by atoms with E-state index >= 15 is 0 Å². The number of nitrogens with zero attached hydrogens (tertiary/aromatic N) is 2. The fourth-order valence-corrected chi connectivity index (χ4v) is 2.59. The highest BCUT2D eigenvalue weighted by molar-refractivity contribution is 7.09. The van der Waals surface area contributed by atoms with E-state index in [-0.39, 0.29) is 0 Å². The van der Waals surface area contributed by atoms with Crippen molar-refractivity contribution in [2.75, 3.05) is 20.1 Å². The molecule has 0 atom stereocenters. The van der Waals surface area contributed by atoms with Crippen molar-refractivity contribution in [3.8, 4) is 0 Å². The van der Waals surface area contributed by atoms with Crippen molar-refractivity contribution in [1.82, 2.24) is 9.88 Å². The molecule has 0 unspecified atom stereocenters. The number of rotatable bonds is 2. The second-order valence-electron chi connectivity index (χ2n) is 4.13. The Labute approximate surface area is 88.4 Å². The summed E-state index contributed by atoms with van der Waals surface area (Å²) in [5.41, 5.74) is -0.510. The zero-order valence-corrected chi connectivity index (χ0v) is 9.26. The summed E-state index contributed by atoms with van der Waals surface area (Å²) in [4.78, 5) is 6.48. The van der Waals surface area contributed by atoms with E-state index in [9.17, 15) is 5.11 Å². The monoisotopic (exact) mass is 212 g/mol. The summed E-state index contributed by atoms with van der Waals surface area (Å²) in [6, 6.07) is 0. The molecule has 2 heterocycles. The van der Waals surface area contributed by atoms with Crippen molar-refractivity contribution in [3.05, 3.63) is 16.6 Å². The Bertz CT molecular complexity index is 278. The molecule has 3 nitrogen and oxygen atoms in total. The predicted molar refractivity (Wildman–Crippen MR) is 57.5 cm³/mol. The van der Waals surface area contributed by atoms with Crippen LogP contribution in [-0.2, 0) is 6.42 Å². The van der Waals surface area contributed by atoms with E-state index in [4.69, 9.17) is 0 Å². The van der Waals surface area contributed by atoms with Gasteiger partial charge in [-0.25, -0.2) is 4.98 Å². The van der Waals surface area contributed by atoms with E-state index in [2.05, 4.69) is 16.9 Å². The van der Waals surface area contributed by atoms with E-state index in [0.717, 1.165) is 37.4 Å². The number of aliphatic hydroxyl groups is 1. The van der Waals surface area contributed by atoms with Gasteiger partial charge in [0.05, 0.1) is 10.6 Å². The van der Waals surface area contributed by atoms with Gasteiger partial charge in [-0.3, -0.25) is 0 Å². The molecular weight excluding hydrogens is 196 g/mol. The molecular formula is C10H16N2OS. The number of thiazole rings is 1. The van der Waals surface area contributed by atoms with E-state index in [1.807, 2.05) is 5.38 Å². The van der Waals surface area contributed by atoms with Crippen molar-refractivity contribution in [3.63, 3.8) is 0 Å². The summed E-state index contributed by atoms with van der Waals surface area (Å²) in [6.45, 7) is 1.98. The SMILES string of the molecule is CN1CCC(O)(Cc2nccs2)CC1. The third-order valence-corrected chi connectivity index (χ3v) is 3.66. The topological polar surface area (TPSA) is 36.4 Å². The molecule has 1 aromatic heterocycles. The lowest BCUT2D eigenvalue weighted by molar-refractivity contribution is -0.0150. The Balaban J connectivity index is 1.96. The summed E-state index contributed by atoms with van der Waals surface area (Å²) >= 11 is 1.63. The molecule has 0 spiro atoms. The molecule has 14 heavy (non-hydrogen) atoms. The first kappa shape index (κ1) is 10.1. The molecule has 0 saturated carbocycles. The molecule has 2 rings (SSSR count). The smallest absolute Gasteiger partial charge is 0.0953 e. The minimum Gasteiger partial charge on any atom is -0.389 e. The standard InChI is InChI=1S/C10H16N2OS/c1-12-5-2-10(13,3-6-12)8-9-11-4-7-14-9/h4,7,13H,2-3,5-6,8H2,1H3. The molecule has 1 fully saturated rings. The van der Waals surface area contributed by atoms with Crippen molar-refractivity contribution >= 4 is 11.3 Å². The summed E-state index contributed by atoms with van der Waals surface area (Å²) in [6.07, 6.45) is 4.25. The normalized spacial score (nSPS) is 22.4. The second-order valence-corrected chi connectivity index (χ2v) is 5.11. The molecule has 0 aliphatic carbocycles. The summed E-state index contributed by atoms with van der Waals surface area (Å²) in [7, 11) is 2.10. The quantitative estimate of drug-likeness (QED) is 0.798. The van der Waals surface area contributed by atoms with Crippen LogP contribution in [0.4, 0.5) is 0 Å². The lowest BCUT2D eigenvalue weighted by atomic mass is 9.89. The molecule has 78 valence electrons. The van der Waals surface area contributed by atoms with E-state index < -0.39 is 5.60 Å². The lowest BCUT2D eigenvalue weighted by Gasteiger charge is -2.36. The number of aromatic nitrogens is 1. The highest BCUT2D eigenvalue weighted by Gasteiger charge is 2.31. The first-order valence-corrected chi connectivity index (χ1v) is 5.85. The van der Waals surface area contributed by atoms with Crippen LogP contribution < -0.4 is 0 Å². The van der Waals surface area contributed by atoms with Crippen molar-refractivity contribution in [2.24, 2.45) is 0 Å². The lowest BCUT2D eigenvalue weighted by Crippen LogP contribution is -2.44. The molecule has 4 heteroatoms. The average molecular weight is 212 g/mol. The highest BCUT2D eigenvalue weighted by Crippen LogP contribution is 2.26. The maximum atomic E-state index is 10.3. The van der Waals surface area contributed by atoms with Gasteiger partial charge in [-0.1, -0.05) is 0 Å². The maximum absolute atomic E-state index is 10.3. The average Bonchev–Trinajstić information content (AvgIpc) is 2.63. The molecule has 1 aliphatic heterocycles.